The first-order chi connectivity index (χ1) is 10.8. The molecule has 7 heteroatoms. The Morgan fingerprint density at radius 2 is 2.04 bits per heavy atom. The van der Waals surface area contributed by atoms with Gasteiger partial charge in [-0.25, -0.2) is 0 Å². The van der Waals surface area contributed by atoms with Crippen LogP contribution in [-0.2, 0) is 11.2 Å². The molecule has 0 aliphatic carbocycles. The molecule has 0 amide bonds. The molecule has 1 heterocycles. The van der Waals surface area contributed by atoms with Crippen molar-refractivity contribution in [1.29, 1.82) is 0 Å². The average molecular weight is 328 g/mol. The second kappa shape index (κ2) is 7.04. The molecule has 0 radical (unpaired) electrons. The maximum atomic E-state index is 12.2. The molecule has 1 aromatic carbocycles. The van der Waals surface area contributed by atoms with E-state index in [1.54, 1.807) is 12.1 Å². The standard InChI is InChI=1S/C16H19F3N2O2/c1-21(2)9-7-11-10-20-12-4-3-5-13(15(11)12)23-14(22)6-8-16(17,18)19/h3-5,10,20H,6-9H2,1-2H3. The van der Waals surface area contributed by atoms with Crippen molar-refractivity contribution < 1.29 is 22.7 Å². The summed E-state index contributed by atoms with van der Waals surface area (Å²) in [6, 6.07) is 5.13. The SMILES string of the molecule is CN(C)CCc1c[nH]c2cccc(OC(=O)CCC(F)(F)F)c12. The van der Waals surface area contributed by atoms with Crippen molar-refractivity contribution in [2.45, 2.75) is 25.4 Å². The topological polar surface area (TPSA) is 45.3 Å². The second-order valence-electron chi connectivity index (χ2n) is 5.64. The van der Waals surface area contributed by atoms with E-state index in [2.05, 4.69) is 4.98 Å². The number of H-pyrrole nitrogens is 1. The van der Waals surface area contributed by atoms with Crippen LogP contribution < -0.4 is 4.74 Å². The number of likely N-dealkylation sites (N-methyl/N-ethyl adjacent to an activating group) is 1. The van der Waals surface area contributed by atoms with Gasteiger partial charge in [-0.3, -0.25) is 4.79 Å². The maximum Gasteiger partial charge on any atom is 0.389 e. The van der Waals surface area contributed by atoms with Crippen LogP contribution in [0.25, 0.3) is 10.9 Å². The molecule has 126 valence electrons. The molecular weight excluding hydrogens is 309 g/mol. The zero-order valence-corrected chi connectivity index (χ0v) is 13.0. The lowest BCUT2D eigenvalue weighted by atomic mass is 10.1. The smallest absolute Gasteiger partial charge is 0.389 e. The highest BCUT2D eigenvalue weighted by Gasteiger charge is 2.28. The molecule has 0 atom stereocenters. The van der Waals surface area contributed by atoms with Gasteiger partial charge in [-0.15, -0.1) is 0 Å². The van der Waals surface area contributed by atoms with Crippen LogP contribution in [0.5, 0.6) is 5.75 Å². The molecule has 23 heavy (non-hydrogen) atoms. The van der Waals surface area contributed by atoms with Crippen molar-refractivity contribution in [1.82, 2.24) is 9.88 Å². The summed E-state index contributed by atoms with van der Waals surface area (Å²) in [7, 11) is 3.90. The summed E-state index contributed by atoms with van der Waals surface area (Å²) < 4.78 is 41.7. The Balaban J connectivity index is 2.16. The predicted molar refractivity (Wildman–Crippen MR) is 81.5 cm³/mol. The van der Waals surface area contributed by atoms with Crippen molar-refractivity contribution in [3.05, 3.63) is 30.0 Å². The van der Waals surface area contributed by atoms with Crippen LogP contribution in [0.4, 0.5) is 13.2 Å². The van der Waals surface area contributed by atoms with Gasteiger partial charge in [0.25, 0.3) is 0 Å². The van der Waals surface area contributed by atoms with Crippen LogP contribution in [0, 0.1) is 0 Å². The molecule has 0 saturated carbocycles. The zero-order chi connectivity index (χ0) is 17.0. The van der Waals surface area contributed by atoms with E-state index >= 15 is 0 Å². The number of aromatic amines is 1. The zero-order valence-electron chi connectivity index (χ0n) is 13.0. The third-order valence-corrected chi connectivity index (χ3v) is 3.41. The highest BCUT2D eigenvalue weighted by atomic mass is 19.4. The molecule has 2 rings (SSSR count). The fourth-order valence-electron chi connectivity index (χ4n) is 2.26. The van der Waals surface area contributed by atoms with Crippen molar-refractivity contribution in [2.24, 2.45) is 0 Å². The Morgan fingerprint density at radius 3 is 2.70 bits per heavy atom. The molecule has 0 spiro atoms. The quantitative estimate of drug-likeness (QED) is 0.652. The predicted octanol–water partition coefficient (Wildman–Crippen LogP) is 3.52. The average Bonchev–Trinajstić information content (AvgIpc) is 2.86. The van der Waals surface area contributed by atoms with Gasteiger partial charge in [-0.05, 0) is 38.2 Å². The van der Waals surface area contributed by atoms with E-state index in [0.29, 0.717) is 5.75 Å². The van der Waals surface area contributed by atoms with Gasteiger partial charge in [-0.1, -0.05) is 6.07 Å². The van der Waals surface area contributed by atoms with Crippen LogP contribution in [0.3, 0.4) is 0 Å². The normalized spacial score (nSPS) is 12.1. The fraction of sp³-hybridized carbons (Fsp3) is 0.438. The molecule has 0 saturated heterocycles. The molecule has 0 bridgehead atoms. The Hall–Kier alpha value is -2.02. The number of nitrogens with zero attached hydrogens (tertiary/aromatic N) is 1. The largest absolute Gasteiger partial charge is 0.426 e. The number of hydrogen-bond donors (Lipinski definition) is 1. The monoisotopic (exact) mass is 328 g/mol. The molecular formula is C16H19F3N2O2. The number of esters is 1. The Kier molecular flexibility index (Phi) is 5.30. The molecule has 0 fully saturated rings. The number of halogens is 3. The fourth-order valence-corrected chi connectivity index (χ4v) is 2.26. The summed E-state index contributed by atoms with van der Waals surface area (Å²) in [6.45, 7) is 0.809. The van der Waals surface area contributed by atoms with Gasteiger partial charge in [0, 0.05) is 23.6 Å². The lowest BCUT2D eigenvalue weighted by Gasteiger charge is -2.11. The summed E-state index contributed by atoms with van der Waals surface area (Å²) in [6.07, 6.45) is -3.65. The lowest BCUT2D eigenvalue weighted by Crippen LogP contribution is -2.15. The molecule has 1 aromatic heterocycles. The van der Waals surface area contributed by atoms with Gasteiger partial charge >= 0.3 is 12.1 Å². The first-order valence-corrected chi connectivity index (χ1v) is 7.27. The van der Waals surface area contributed by atoms with Crippen molar-refractivity contribution >= 4 is 16.9 Å². The number of aromatic nitrogens is 1. The summed E-state index contributed by atoms with van der Waals surface area (Å²) in [4.78, 5) is 16.8. The number of nitrogens with one attached hydrogen (secondary N) is 1. The second-order valence-corrected chi connectivity index (χ2v) is 5.64. The minimum absolute atomic E-state index is 0.296. The molecule has 4 nitrogen and oxygen atoms in total. The highest BCUT2D eigenvalue weighted by molar-refractivity contribution is 5.91. The van der Waals surface area contributed by atoms with Crippen molar-refractivity contribution in [3.8, 4) is 5.75 Å². The summed E-state index contributed by atoms with van der Waals surface area (Å²) in [5.74, 6) is -0.584. The molecule has 1 N–H and O–H groups in total. The minimum atomic E-state index is -4.37. The number of ether oxygens (including phenoxy) is 1. The third kappa shape index (κ3) is 4.99. The number of hydrogen-bond acceptors (Lipinski definition) is 3. The van der Waals surface area contributed by atoms with E-state index in [1.165, 1.54) is 0 Å². The van der Waals surface area contributed by atoms with Gasteiger partial charge in [-0.2, -0.15) is 13.2 Å². The van der Waals surface area contributed by atoms with Gasteiger partial charge < -0.3 is 14.6 Å². The number of alkyl halides is 3. The van der Waals surface area contributed by atoms with Crippen molar-refractivity contribution in [2.75, 3.05) is 20.6 Å². The van der Waals surface area contributed by atoms with Crippen LogP contribution in [-0.4, -0.2) is 42.7 Å². The summed E-state index contributed by atoms with van der Waals surface area (Å²) in [5, 5.41) is 0.745. The maximum absolute atomic E-state index is 12.2. The van der Waals surface area contributed by atoms with Gasteiger partial charge in [0.05, 0.1) is 12.8 Å². The van der Waals surface area contributed by atoms with E-state index in [9.17, 15) is 18.0 Å². The van der Waals surface area contributed by atoms with E-state index < -0.39 is 25.0 Å². The number of carbonyl (C=O) groups is 1. The van der Waals surface area contributed by atoms with Crippen LogP contribution >= 0.6 is 0 Å². The minimum Gasteiger partial charge on any atom is -0.426 e. The third-order valence-electron chi connectivity index (χ3n) is 3.41. The molecule has 0 unspecified atom stereocenters. The number of benzene rings is 1. The first kappa shape index (κ1) is 17.3. The van der Waals surface area contributed by atoms with Gasteiger partial charge in [0.1, 0.15) is 5.75 Å². The number of fused-ring (bicyclic) bond motifs is 1. The van der Waals surface area contributed by atoms with Crippen LogP contribution in [0.15, 0.2) is 24.4 Å². The number of rotatable bonds is 6. The number of carbonyl (C=O) groups excluding carboxylic acids is 1. The lowest BCUT2D eigenvalue weighted by molar-refractivity contribution is -0.151. The van der Waals surface area contributed by atoms with Crippen molar-refractivity contribution in [3.63, 3.8) is 0 Å². The first-order valence-electron chi connectivity index (χ1n) is 7.27. The van der Waals surface area contributed by atoms with Crippen LogP contribution in [0.1, 0.15) is 18.4 Å². The molecule has 0 aliphatic heterocycles. The van der Waals surface area contributed by atoms with E-state index in [4.69, 9.17) is 4.74 Å². The Morgan fingerprint density at radius 1 is 1.30 bits per heavy atom. The van der Waals surface area contributed by atoms with E-state index in [1.807, 2.05) is 31.3 Å². The summed E-state index contributed by atoms with van der Waals surface area (Å²) in [5.41, 5.74) is 1.76. The van der Waals surface area contributed by atoms with E-state index in [-0.39, 0.29) is 0 Å². The van der Waals surface area contributed by atoms with Gasteiger partial charge in [0.15, 0.2) is 0 Å². The van der Waals surface area contributed by atoms with Gasteiger partial charge in [0.2, 0.25) is 0 Å². The van der Waals surface area contributed by atoms with E-state index in [0.717, 1.165) is 29.4 Å². The molecule has 2 aromatic rings. The Labute approximate surface area is 132 Å². The summed E-state index contributed by atoms with van der Waals surface area (Å²) >= 11 is 0. The highest BCUT2D eigenvalue weighted by Crippen LogP contribution is 2.30. The van der Waals surface area contributed by atoms with Crippen LogP contribution in [0.2, 0.25) is 0 Å². The Bertz CT molecular complexity index is 678. The molecule has 0 aliphatic rings.